The van der Waals surface area contributed by atoms with Gasteiger partial charge in [0.2, 0.25) is 17.7 Å². The number of halogens is 3. The number of carbonyl (C=O) groups excluding carboxylic acids is 3. The maximum Gasteiger partial charge on any atom is 0.490 e. The average molecular weight is 541 g/mol. The molecule has 4 rings (SSSR count). The van der Waals surface area contributed by atoms with Gasteiger partial charge in [0, 0.05) is 37.3 Å². The van der Waals surface area contributed by atoms with E-state index >= 15 is 0 Å². The number of likely N-dealkylation sites (tertiary alicyclic amines) is 1. The van der Waals surface area contributed by atoms with Gasteiger partial charge >= 0.3 is 12.1 Å². The molecule has 0 aromatic carbocycles. The van der Waals surface area contributed by atoms with Crippen LogP contribution in [0.2, 0.25) is 0 Å². The van der Waals surface area contributed by atoms with Crippen molar-refractivity contribution in [3.63, 3.8) is 0 Å². The van der Waals surface area contributed by atoms with Gasteiger partial charge in [-0.15, -0.1) is 0 Å². The number of nitrogens with one attached hydrogen (secondary N) is 2. The maximum atomic E-state index is 13.6. The standard InChI is InChI=1S/C24H34N4O3.C2HF3O2/c29-22(18-8-1-2-9-18)27-20(15-17-7-5-13-25-16-17)24(31)28-14-6-12-21(28)23(30)26-19-10-3-4-11-19;3-2(4,5)1(6)7/h5,7,13,16,18-21H,1-4,6,8-12,14-15H2,(H,26,30)(H,27,29);(H,6,7)/t20-,21-;/m0./s1. The lowest BCUT2D eigenvalue weighted by molar-refractivity contribution is -0.192. The molecule has 9 nitrogen and oxygen atoms in total. The molecule has 1 aliphatic heterocycles. The number of carboxylic acid groups (broad SMARTS) is 1. The molecule has 2 atom stereocenters. The second kappa shape index (κ2) is 13.6. The van der Waals surface area contributed by atoms with Crippen LogP contribution >= 0.6 is 0 Å². The van der Waals surface area contributed by atoms with E-state index in [9.17, 15) is 27.6 Å². The van der Waals surface area contributed by atoms with Gasteiger partial charge in [-0.25, -0.2) is 4.79 Å². The molecule has 38 heavy (non-hydrogen) atoms. The van der Waals surface area contributed by atoms with Crippen LogP contribution in [0.5, 0.6) is 0 Å². The van der Waals surface area contributed by atoms with Crippen molar-refractivity contribution in [2.45, 2.75) is 94.9 Å². The smallest absolute Gasteiger partial charge is 0.475 e. The van der Waals surface area contributed by atoms with E-state index in [2.05, 4.69) is 15.6 Å². The predicted octanol–water partition coefficient (Wildman–Crippen LogP) is 2.98. The lowest BCUT2D eigenvalue weighted by Crippen LogP contribution is -2.55. The number of alkyl halides is 3. The third kappa shape index (κ3) is 8.42. The Hall–Kier alpha value is -3.18. The Balaban J connectivity index is 0.000000505. The van der Waals surface area contributed by atoms with E-state index in [-0.39, 0.29) is 29.7 Å². The van der Waals surface area contributed by atoms with Crippen LogP contribution in [0.25, 0.3) is 0 Å². The Kier molecular flexibility index (Phi) is 10.5. The normalized spacial score (nSPS) is 20.9. The summed E-state index contributed by atoms with van der Waals surface area (Å²) in [5.41, 5.74) is 0.902. The van der Waals surface area contributed by atoms with Crippen molar-refractivity contribution in [2.75, 3.05) is 6.54 Å². The van der Waals surface area contributed by atoms with Gasteiger partial charge in [-0.2, -0.15) is 13.2 Å². The summed E-state index contributed by atoms with van der Waals surface area (Å²) in [6.07, 6.45) is 8.47. The van der Waals surface area contributed by atoms with Crippen molar-refractivity contribution >= 4 is 23.7 Å². The monoisotopic (exact) mass is 540 g/mol. The molecule has 0 spiro atoms. The summed E-state index contributed by atoms with van der Waals surface area (Å²) in [6, 6.07) is 2.88. The fourth-order valence-corrected chi connectivity index (χ4v) is 5.30. The van der Waals surface area contributed by atoms with E-state index in [0.717, 1.165) is 63.4 Å². The van der Waals surface area contributed by atoms with E-state index in [4.69, 9.17) is 9.90 Å². The Labute approximate surface area is 219 Å². The summed E-state index contributed by atoms with van der Waals surface area (Å²) in [5.74, 6) is -3.00. The molecular formula is C26H35F3N4O5. The van der Waals surface area contributed by atoms with Crippen molar-refractivity contribution < 1.29 is 37.5 Å². The van der Waals surface area contributed by atoms with Crippen molar-refractivity contribution in [2.24, 2.45) is 5.92 Å². The van der Waals surface area contributed by atoms with Crippen molar-refractivity contribution in [1.29, 1.82) is 0 Å². The van der Waals surface area contributed by atoms with Crippen LogP contribution in [0.3, 0.4) is 0 Å². The molecule has 3 N–H and O–H groups in total. The van der Waals surface area contributed by atoms with Gasteiger partial charge in [-0.1, -0.05) is 31.7 Å². The Morgan fingerprint density at radius 3 is 2.21 bits per heavy atom. The van der Waals surface area contributed by atoms with Crippen molar-refractivity contribution in [3.8, 4) is 0 Å². The predicted molar refractivity (Wildman–Crippen MR) is 131 cm³/mol. The van der Waals surface area contributed by atoms with E-state index < -0.39 is 24.2 Å². The Bertz CT molecular complexity index is 963. The highest BCUT2D eigenvalue weighted by molar-refractivity contribution is 5.93. The number of rotatable bonds is 7. The molecule has 3 fully saturated rings. The van der Waals surface area contributed by atoms with Gasteiger partial charge < -0.3 is 20.6 Å². The van der Waals surface area contributed by atoms with Crippen LogP contribution in [-0.4, -0.2) is 69.5 Å². The molecule has 1 aromatic rings. The van der Waals surface area contributed by atoms with E-state index in [0.29, 0.717) is 19.4 Å². The first-order chi connectivity index (χ1) is 18.1. The van der Waals surface area contributed by atoms with Crippen LogP contribution < -0.4 is 10.6 Å². The minimum absolute atomic E-state index is 0.00996. The van der Waals surface area contributed by atoms with Crippen LogP contribution in [-0.2, 0) is 25.6 Å². The number of carbonyl (C=O) groups is 4. The third-order valence-electron chi connectivity index (χ3n) is 7.29. The molecule has 3 aliphatic rings. The van der Waals surface area contributed by atoms with Crippen LogP contribution in [0.4, 0.5) is 13.2 Å². The van der Waals surface area contributed by atoms with Crippen LogP contribution in [0.1, 0.15) is 69.8 Å². The number of amides is 3. The summed E-state index contributed by atoms with van der Waals surface area (Å²) in [6.45, 7) is 0.560. The molecule has 0 bridgehead atoms. The topological polar surface area (TPSA) is 129 Å². The number of aromatic nitrogens is 1. The molecule has 0 radical (unpaired) electrons. The number of hydrogen-bond donors (Lipinski definition) is 3. The fourth-order valence-electron chi connectivity index (χ4n) is 5.30. The highest BCUT2D eigenvalue weighted by Gasteiger charge is 2.39. The average Bonchev–Trinajstić information content (AvgIpc) is 3.66. The van der Waals surface area contributed by atoms with Gasteiger partial charge in [0.25, 0.3) is 0 Å². The first-order valence-corrected chi connectivity index (χ1v) is 13.2. The molecule has 2 saturated carbocycles. The van der Waals surface area contributed by atoms with Crippen molar-refractivity contribution in [3.05, 3.63) is 30.1 Å². The van der Waals surface area contributed by atoms with Gasteiger partial charge in [0.15, 0.2) is 0 Å². The minimum atomic E-state index is -5.08. The molecule has 12 heteroatoms. The van der Waals surface area contributed by atoms with Gasteiger partial charge in [-0.3, -0.25) is 19.4 Å². The molecule has 1 aromatic heterocycles. The zero-order chi connectivity index (χ0) is 27.7. The maximum absolute atomic E-state index is 13.6. The Morgan fingerprint density at radius 2 is 1.63 bits per heavy atom. The highest BCUT2D eigenvalue weighted by atomic mass is 19.4. The fraction of sp³-hybridized carbons (Fsp3) is 0.654. The van der Waals surface area contributed by atoms with Crippen LogP contribution in [0.15, 0.2) is 24.5 Å². The summed E-state index contributed by atoms with van der Waals surface area (Å²) in [5, 5.41) is 13.3. The zero-order valence-electron chi connectivity index (χ0n) is 21.2. The molecule has 2 aliphatic carbocycles. The zero-order valence-corrected chi connectivity index (χ0v) is 21.2. The first kappa shape index (κ1) is 29.4. The highest BCUT2D eigenvalue weighted by Crippen LogP contribution is 2.26. The second-order valence-corrected chi connectivity index (χ2v) is 10.1. The molecule has 0 unspecified atom stereocenters. The summed E-state index contributed by atoms with van der Waals surface area (Å²) >= 11 is 0. The Morgan fingerprint density at radius 1 is 1.00 bits per heavy atom. The van der Waals surface area contributed by atoms with E-state index in [1.165, 1.54) is 0 Å². The molecule has 1 saturated heterocycles. The summed E-state index contributed by atoms with van der Waals surface area (Å²) in [4.78, 5) is 54.1. The van der Waals surface area contributed by atoms with E-state index in [1.807, 2.05) is 12.1 Å². The van der Waals surface area contributed by atoms with Gasteiger partial charge in [0.1, 0.15) is 12.1 Å². The lowest BCUT2D eigenvalue weighted by Gasteiger charge is -2.30. The third-order valence-corrected chi connectivity index (χ3v) is 7.29. The number of aliphatic carboxylic acids is 1. The molecular weight excluding hydrogens is 505 g/mol. The number of carboxylic acids is 1. The first-order valence-electron chi connectivity index (χ1n) is 13.2. The van der Waals surface area contributed by atoms with Gasteiger partial charge in [0.05, 0.1) is 0 Å². The molecule has 210 valence electrons. The number of nitrogens with zero attached hydrogens (tertiary/aromatic N) is 2. The quantitative estimate of drug-likeness (QED) is 0.488. The second-order valence-electron chi connectivity index (χ2n) is 10.1. The number of pyridine rings is 1. The lowest BCUT2D eigenvalue weighted by atomic mass is 10.0. The van der Waals surface area contributed by atoms with Crippen LogP contribution in [0, 0.1) is 5.92 Å². The molecule has 3 amide bonds. The minimum Gasteiger partial charge on any atom is -0.475 e. The summed E-state index contributed by atoms with van der Waals surface area (Å²) < 4.78 is 31.7. The largest absolute Gasteiger partial charge is 0.490 e. The molecule has 2 heterocycles. The SMILES string of the molecule is O=C(N[C@@H](Cc1cccnc1)C(=O)N1CCC[C@H]1C(=O)NC1CCCC1)C1CCCC1.O=C(O)C(F)(F)F. The van der Waals surface area contributed by atoms with Crippen molar-refractivity contribution in [1.82, 2.24) is 20.5 Å². The summed E-state index contributed by atoms with van der Waals surface area (Å²) in [7, 11) is 0. The van der Waals surface area contributed by atoms with E-state index in [1.54, 1.807) is 17.3 Å². The van der Waals surface area contributed by atoms with Gasteiger partial charge in [-0.05, 0) is 50.2 Å². The number of hydrogen-bond acceptors (Lipinski definition) is 5.